The summed E-state index contributed by atoms with van der Waals surface area (Å²) in [5.41, 5.74) is 5.07. The van der Waals surface area contributed by atoms with E-state index in [-0.39, 0.29) is 4.87 Å². The molecule has 1 heterocycles. The van der Waals surface area contributed by atoms with Gasteiger partial charge in [-0.15, -0.1) is 0 Å². The number of methoxy groups -OCH3 is 1. The molecule has 0 unspecified atom stereocenters. The van der Waals surface area contributed by atoms with Crippen molar-refractivity contribution in [3.8, 4) is 17.0 Å². The van der Waals surface area contributed by atoms with E-state index in [0.717, 1.165) is 49.5 Å². The number of ether oxygens (including phenoxy) is 1. The van der Waals surface area contributed by atoms with Gasteiger partial charge in [0.1, 0.15) is 5.75 Å². The lowest BCUT2D eigenvalue weighted by Gasteiger charge is -2.17. The number of H-pyrrole nitrogens is 1. The van der Waals surface area contributed by atoms with Crippen molar-refractivity contribution >= 4 is 27.3 Å². The predicted octanol–water partition coefficient (Wildman–Crippen LogP) is 3.80. The van der Waals surface area contributed by atoms with Gasteiger partial charge in [0.2, 0.25) is 0 Å². The van der Waals surface area contributed by atoms with E-state index < -0.39 is 0 Å². The van der Waals surface area contributed by atoms with Crippen LogP contribution in [0, 0.1) is 20.8 Å². The molecule has 1 N–H and O–H groups in total. The molecule has 0 amide bonds. The Morgan fingerprint density at radius 3 is 2.39 bits per heavy atom. The highest BCUT2D eigenvalue weighted by molar-refractivity contribution is 9.10. The van der Waals surface area contributed by atoms with Gasteiger partial charge in [-0.1, -0.05) is 27.3 Å². The molecule has 18 heavy (non-hydrogen) atoms. The van der Waals surface area contributed by atoms with Gasteiger partial charge in [-0.25, -0.2) is 0 Å². The Morgan fingerprint density at radius 2 is 1.89 bits per heavy atom. The molecule has 2 rings (SSSR count). The van der Waals surface area contributed by atoms with Crippen molar-refractivity contribution < 1.29 is 4.74 Å². The van der Waals surface area contributed by atoms with Crippen LogP contribution in [-0.2, 0) is 0 Å². The molecule has 1 aromatic carbocycles. The van der Waals surface area contributed by atoms with Gasteiger partial charge in [0, 0.05) is 15.4 Å². The molecule has 96 valence electrons. The minimum atomic E-state index is -0.0548. The van der Waals surface area contributed by atoms with E-state index in [0.29, 0.717) is 0 Å². The van der Waals surface area contributed by atoms with Crippen LogP contribution in [0.1, 0.15) is 16.7 Å². The van der Waals surface area contributed by atoms with Crippen molar-refractivity contribution in [2.75, 3.05) is 7.11 Å². The number of nitrogens with one attached hydrogen (secondary N) is 1. The second kappa shape index (κ2) is 4.90. The van der Waals surface area contributed by atoms with E-state index in [1.807, 2.05) is 19.2 Å². The van der Waals surface area contributed by atoms with Gasteiger partial charge in [0.25, 0.3) is 0 Å². The van der Waals surface area contributed by atoms with E-state index in [2.05, 4.69) is 27.8 Å². The first-order valence-corrected chi connectivity index (χ1v) is 7.16. The zero-order valence-corrected chi connectivity index (χ0v) is 13.1. The van der Waals surface area contributed by atoms with Crippen LogP contribution in [0.4, 0.5) is 0 Å². The number of aromatic nitrogens is 1. The molecule has 1 aromatic heterocycles. The second-order valence-corrected chi connectivity index (χ2v) is 5.79. The topological polar surface area (TPSA) is 42.1 Å². The summed E-state index contributed by atoms with van der Waals surface area (Å²) < 4.78 is 6.58. The number of thiazole rings is 1. The summed E-state index contributed by atoms with van der Waals surface area (Å²) in [7, 11) is 1.66. The molecule has 0 bridgehead atoms. The van der Waals surface area contributed by atoms with Crippen LogP contribution < -0.4 is 9.61 Å². The summed E-state index contributed by atoms with van der Waals surface area (Å²) in [6.07, 6.45) is 0. The molecule has 0 radical (unpaired) electrons. The molecule has 0 fully saturated rings. The van der Waals surface area contributed by atoms with Crippen LogP contribution >= 0.6 is 27.3 Å². The number of benzene rings is 1. The zero-order valence-electron chi connectivity index (χ0n) is 10.7. The minimum absolute atomic E-state index is 0.0548. The number of hydrogen-bond acceptors (Lipinski definition) is 3. The molecule has 5 heteroatoms. The lowest BCUT2D eigenvalue weighted by molar-refractivity contribution is 0.412. The summed E-state index contributed by atoms with van der Waals surface area (Å²) in [6.45, 7) is 6.09. The van der Waals surface area contributed by atoms with Crippen molar-refractivity contribution in [3.63, 3.8) is 0 Å². The molecule has 0 saturated carbocycles. The molecule has 3 nitrogen and oxygen atoms in total. The third-order valence-corrected chi connectivity index (χ3v) is 5.02. The van der Waals surface area contributed by atoms with E-state index in [1.165, 1.54) is 0 Å². The van der Waals surface area contributed by atoms with E-state index in [4.69, 9.17) is 4.74 Å². The van der Waals surface area contributed by atoms with Gasteiger partial charge in [-0.05, 0) is 37.5 Å². The van der Waals surface area contributed by atoms with Gasteiger partial charge in [-0.3, -0.25) is 4.79 Å². The zero-order chi connectivity index (χ0) is 13.4. The molecule has 0 aliphatic rings. The lowest BCUT2D eigenvalue weighted by Crippen LogP contribution is -2.00. The summed E-state index contributed by atoms with van der Waals surface area (Å²) in [4.78, 5) is 14.1. The highest BCUT2D eigenvalue weighted by atomic mass is 79.9. The van der Waals surface area contributed by atoms with E-state index in [1.54, 1.807) is 7.11 Å². The number of rotatable bonds is 2. The summed E-state index contributed by atoms with van der Waals surface area (Å²) in [5.74, 6) is 0.822. The van der Waals surface area contributed by atoms with Gasteiger partial charge < -0.3 is 9.72 Å². The highest BCUT2D eigenvalue weighted by Gasteiger charge is 2.19. The van der Waals surface area contributed by atoms with Crippen molar-refractivity contribution in [1.29, 1.82) is 0 Å². The normalized spacial score (nSPS) is 10.7. The highest BCUT2D eigenvalue weighted by Crippen LogP contribution is 2.41. The van der Waals surface area contributed by atoms with E-state index in [9.17, 15) is 4.79 Å². The molecular formula is C13H14BrNO2S. The smallest absolute Gasteiger partial charge is 0.304 e. The summed E-state index contributed by atoms with van der Waals surface area (Å²) in [5, 5.41) is 1.83. The SMILES string of the molecule is COc1c(C)c(C)c(Br)c(C)c1-c1csc(=O)[nH]1. The van der Waals surface area contributed by atoms with Crippen LogP contribution in [0.15, 0.2) is 14.6 Å². The Kier molecular flexibility index (Phi) is 3.64. The van der Waals surface area contributed by atoms with Crippen molar-refractivity contribution in [2.24, 2.45) is 0 Å². The Bertz CT molecular complexity index is 658. The Balaban J connectivity index is 2.85. The summed E-state index contributed by atoms with van der Waals surface area (Å²) >= 11 is 4.77. The van der Waals surface area contributed by atoms with Crippen LogP contribution in [0.5, 0.6) is 5.75 Å². The Labute approximate surface area is 118 Å². The molecule has 0 aliphatic carbocycles. The number of hydrogen-bond donors (Lipinski definition) is 1. The van der Waals surface area contributed by atoms with Crippen molar-refractivity contribution in [2.45, 2.75) is 20.8 Å². The first kappa shape index (κ1) is 13.4. The van der Waals surface area contributed by atoms with E-state index >= 15 is 0 Å². The quantitative estimate of drug-likeness (QED) is 0.911. The largest absolute Gasteiger partial charge is 0.496 e. The van der Waals surface area contributed by atoms with Crippen LogP contribution in [0.25, 0.3) is 11.3 Å². The average molecular weight is 328 g/mol. The van der Waals surface area contributed by atoms with Crippen molar-refractivity contribution in [3.05, 3.63) is 36.2 Å². The summed E-state index contributed by atoms with van der Waals surface area (Å²) in [6, 6.07) is 0. The molecule has 2 aromatic rings. The van der Waals surface area contributed by atoms with Gasteiger partial charge in [-0.2, -0.15) is 0 Å². The van der Waals surface area contributed by atoms with Crippen LogP contribution in [-0.4, -0.2) is 12.1 Å². The molecule has 0 atom stereocenters. The number of aromatic amines is 1. The monoisotopic (exact) mass is 327 g/mol. The van der Waals surface area contributed by atoms with Gasteiger partial charge in [0.05, 0.1) is 12.8 Å². The maximum Gasteiger partial charge on any atom is 0.304 e. The molecule has 0 spiro atoms. The standard InChI is InChI=1S/C13H14BrNO2S/c1-6-7(2)12(17-4)10(8(3)11(6)14)9-5-18-13(16)15-9/h5H,1-4H3,(H,15,16). The average Bonchev–Trinajstić information content (AvgIpc) is 2.77. The third kappa shape index (κ3) is 2.01. The first-order chi connectivity index (χ1) is 8.47. The molecular weight excluding hydrogens is 314 g/mol. The Hall–Kier alpha value is -1.07. The third-order valence-electron chi connectivity index (χ3n) is 3.16. The van der Waals surface area contributed by atoms with Crippen molar-refractivity contribution in [1.82, 2.24) is 4.98 Å². The van der Waals surface area contributed by atoms with Crippen LogP contribution in [0.2, 0.25) is 0 Å². The maximum absolute atomic E-state index is 11.3. The molecule has 0 aliphatic heterocycles. The first-order valence-electron chi connectivity index (χ1n) is 5.48. The minimum Gasteiger partial charge on any atom is -0.496 e. The predicted molar refractivity (Wildman–Crippen MR) is 78.8 cm³/mol. The van der Waals surface area contributed by atoms with Gasteiger partial charge in [0.15, 0.2) is 0 Å². The second-order valence-electron chi connectivity index (χ2n) is 4.16. The lowest BCUT2D eigenvalue weighted by atomic mass is 9.97. The fourth-order valence-corrected chi connectivity index (χ4v) is 3.13. The maximum atomic E-state index is 11.3. The Morgan fingerprint density at radius 1 is 1.22 bits per heavy atom. The fraction of sp³-hybridized carbons (Fsp3) is 0.308. The molecule has 0 saturated heterocycles. The fourth-order valence-electron chi connectivity index (χ4n) is 2.07. The van der Waals surface area contributed by atoms with Gasteiger partial charge >= 0.3 is 4.87 Å². The van der Waals surface area contributed by atoms with Crippen LogP contribution in [0.3, 0.4) is 0 Å². The number of halogens is 1.